The van der Waals surface area contributed by atoms with Gasteiger partial charge in [-0.25, -0.2) is 4.98 Å². The number of benzene rings is 1. The highest BCUT2D eigenvalue weighted by Crippen LogP contribution is 2.26. The van der Waals surface area contributed by atoms with E-state index in [4.69, 9.17) is 26.9 Å². The molecule has 0 amide bonds. The summed E-state index contributed by atoms with van der Waals surface area (Å²) in [4.78, 5) is 14.6. The third kappa shape index (κ3) is 1.67. The molecular formula is C9H7ClN2O3. The van der Waals surface area contributed by atoms with Gasteiger partial charge in [0.2, 0.25) is 0 Å². The standard InChI is InChI=1S/C9H7ClN2O3/c10-5-1-4(7(11)9(13)14)2-6-8(5)15-3-12-6/h1-3,7H,11H2,(H,13,14). The van der Waals surface area contributed by atoms with E-state index in [2.05, 4.69) is 4.98 Å². The lowest BCUT2D eigenvalue weighted by Crippen LogP contribution is -2.20. The average molecular weight is 227 g/mol. The van der Waals surface area contributed by atoms with Gasteiger partial charge in [0.15, 0.2) is 12.0 Å². The van der Waals surface area contributed by atoms with E-state index < -0.39 is 12.0 Å². The molecule has 0 saturated heterocycles. The number of hydrogen-bond acceptors (Lipinski definition) is 4. The van der Waals surface area contributed by atoms with Crippen molar-refractivity contribution in [2.75, 3.05) is 0 Å². The lowest BCUT2D eigenvalue weighted by molar-refractivity contribution is -0.138. The van der Waals surface area contributed by atoms with Gasteiger partial charge in [0.25, 0.3) is 0 Å². The highest BCUT2D eigenvalue weighted by atomic mass is 35.5. The summed E-state index contributed by atoms with van der Waals surface area (Å²) in [5.74, 6) is -1.12. The van der Waals surface area contributed by atoms with Gasteiger partial charge in [-0.3, -0.25) is 4.79 Å². The van der Waals surface area contributed by atoms with E-state index in [9.17, 15) is 4.79 Å². The van der Waals surface area contributed by atoms with Crippen molar-refractivity contribution < 1.29 is 14.3 Å². The maximum absolute atomic E-state index is 10.7. The molecule has 15 heavy (non-hydrogen) atoms. The molecule has 1 unspecified atom stereocenters. The van der Waals surface area contributed by atoms with Crippen molar-refractivity contribution in [2.45, 2.75) is 6.04 Å². The van der Waals surface area contributed by atoms with Crippen molar-refractivity contribution in [1.82, 2.24) is 4.98 Å². The van der Waals surface area contributed by atoms with Crippen LogP contribution in [0.3, 0.4) is 0 Å². The Hall–Kier alpha value is -1.59. The van der Waals surface area contributed by atoms with Crippen LogP contribution in [0.15, 0.2) is 22.9 Å². The number of carboxylic acids is 1. The molecule has 1 heterocycles. The third-order valence-electron chi connectivity index (χ3n) is 2.03. The number of aromatic nitrogens is 1. The van der Waals surface area contributed by atoms with Gasteiger partial charge >= 0.3 is 5.97 Å². The Labute approximate surface area is 89.5 Å². The Bertz CT molecular complexity index is 523. The van der Waals surface area contributed by atoms with Crippen molar-refractivity contribution in [3.8, 4) is 0 Å². The van der Waals surface area contributed by atoms with E-state index in [0.29, 0.717) is 21.7 Å². The van der Waals surface area contributed by atoms with Crippen LogP contribution in [-0.2, 0) is 4.79 Å². The first kappa shape index (κ1) is 9.95. The van der Waals surface area contributed by atoms with Crippen molar-refractivity contribution >= 4 is 28.7 Å². The topological polar surface area (TPSA) is 89.4 Å². The molecule has 2 aromatic rings. The Kier molecular flexibility index (Phi) is 2.34. The maximum Gasteiger partial charge on any atom is 0.325 e. The van der Waals surface area contributed by atoms with Crippen molar-refractivity contribution in [1.29, 1.82) is 0 Å². The van der Waals surface area contributed by atoms with Gasteiger partial charge in [-0.2, -0.15) is 0 Å². The van der Waals surface area contributed by atoms with Crippen molar-refractivity contribution in [2.24, 2.45) is 5.73 Å². The SMILES string of the molecule is NC(C(=O)O)c1cc(Cl)c2ocnc2c1. The molecule has 78 valence electrons. The van der Waals surface area contributed by atoms with Crippen LogP contribution in [0.25, 0.3) is 11.1 Å². The third-order valence-corrected chi connectivity index (χ3v) is 2.31. The molecule has 1 atom stereocenters. The molecule has 0 bridgehead atoms. The first-order valence-electron chi connectivity index (χ1n) is 4.10. The Morgan fingerprint density at radius 1 is 1.60 bits per heavy atom. The summed E-state index contributed by atoms with van der Waals surface area (Å²) in [5, 5.41) is 9.04. The number of halogens is 1. The molecule has 2 rings (SSSR count). The summed E-state index contributed by atoms with van der Waals surface area (Å²) in [7, 11) is 0. The van der Waals surface area contributed by atoms with Crippen LogP contribution in [0, 0.1) is 0 Å². The van der Waals surface area contributed by atoms with Crippen LogP contribution in [0.2, 0.25) is 5.02 Å². The maximum atomic E-state index is 10.7. The number of nitrogens with two attached hydrogens (primary N) is 1. The predicted octanol–water partition coefficient (Wildman–Crippen LogP) is 1.57. The number of nitrogens with zero attached hydrogens (tertiary/aromatic N) is 1. The predicted molar refractivity (Wildman–Crippen MR) is 53.6 cm³/mol. The zero-order chi connectivity index (χ0) is 11.0. The minimum atomic E-state index is -1.12. The number of carboxylic acid groups (broad SMARTS) is 1. The largest absolute Gasteiger partial charge is 0.480 e. The zero-order valence-electron chi connectivity index (χ0n) is 7.48. The van der Waals surface area contributed by atoms with Gasteiger partial charge in [0.1, 0.15) is 11.6 Å². The molecule has 0 saturated carbocycles. The lowest BCUT2D eigenvalue weighted by atomic mass is 10.1. The molecule has 6 heteroatoms. The fraction of sp³-hybridized carbons (Fsp3) is 0.111. The second kappa shape index (κ2) is 3.52. The van der Waals surface area contributed by atoms with Gasteiger partial charge < -0.3 is 15.3 Å². The zero-order valence-corrected chi connectivity index (χ0v) is 8.23. The van der Waals surface area contributed by atoms with Gasteiger partial charge in [-0.15, -0.1) is 0 Å². The average Bonchev–Trinajstić information content (AvgIpc) is 2.64. The highest BCUT2D eigenvalue weighted by Gasteiger charge is 2.17. The van der Waals surface area contributed by atoms with E-state index in [1.54, 1.807) is 6.07 Å². The smallest absolute Gasteiger partial charge is 0.325 e. The Morgan fingerprint density at radius 2 is 2.33 bits per heavy atom. The van der Waals surface area contributed by atoms with Crippen LogP contribution in [0.5, 0.6) is 0 Å². The van der Waals surface area contributed by atoms with Crippen LogP contribution in [-0.4, -0.2) is 16.1 Å². The van der Waals surface area contributed by atoms with Crippen LogP contribution in [0.1, 0.15) is 11.6 Å². The van der Waals surface area contributed by atoms with Crippen molar-refractivity contribution in [3.63, 3.8) is 0 Å². The van der Waals surface area contributed by atoms with E-state index in [1.807, 2.05) is 0 Å². The summed E-state index contributed by atoms with van der Waals surface area (Å²) >= 11 is 5.87. The molecule has 0 spiro atoms. The molecular weight excluding hydrogens is 220 g/mol. The fourth-order valence-electron chi connectivity index (χ4n) is 1.27. The molecule has 0 aliphatic carbocycles. The molecule has 3 N–H and O–H groups in total. The number of oxazole rings is 1. The second-order valence-electron chi connectivity index (χ2n) is 3.02. The number of aliphatic carboxylic acids is 1. The fourth-order valence-corrected chi connectivity index (χ4v) is 1.54. The minimum Gasteiger partial charge on any atom is -0.480 e. The summed E-state index contributed by atoms with van der Waals surface area (Å²) in [6.45, 7) is 0. The highest BCUT2D eigenvalue weighted by molar-refractivity contribution is 6.34. The molecule has 1 aromatic heterocycles. The van der Waals surface area contributed by atoms with Crippen molar-refractivity contribution in [3.05, 3.63) is 29.1 Å². The van der Waals surface area contributed by atoms with Crippen LogP contribution in [0.4, 0.5) is 0 Å². The summed E-state index contributed by atoms with van der Waals surface area (Å²) in [6, 6.07) is 1.90. The van der Waals surface area contributed by atoms with Crippen LogP contribution < -0.4 is 5.73 Å². The molecule has 0 aliphatic rings. The quantitative estimate of drug-likeness (QED) is 0.811. The van der Waals surface area contributed by atoms with Gasteiger partial charge in [0, 0.05) is 0 Å². The molecule has 0 aliphatic heterocycles. The normalized spacial score (nSPS) is 12.9. The molecule has 0 fully saturated rings. The Balaban J connectivity index is 2.58. The first-order valence-corrected chi connectivity index (χ1v) is 4.48. The van der Waals surface area contributed by atoms with Crippen LogP contribution >= 0.6 is 11.6 Å². The first-order chi connectivity index (χ1) is 7.09. The van der Waals surface area contributed by atoms with E-state index >= 15 is 0 Å². The summed E-state index contributed by atoms with van der Waals surface area (Å²) in [5.41, 5.74) is 6.77. The number of hydrogen-bond donors (Lipinski definition) is 2. The van der Waals surface area contributed by atoms with E-state index in [0.717, 1.165) is 0 Å². The second-order valence-corrected chi connectivity index (χ2v) is 3.43. The Morgan fingerprint density at radius 3 is 3.00 bits per heavy atom. The lowest BCUT2D eigenvalue weighted by Gasteiger charge is -2.06. The number of fused-ring (bicyclic) bond motifs is 1. The monoisotopic (exact) mass is 226 g/mol. The minimum absolute atomic E-state index is 0.303. The molecule has 0 radical (unpaired) electrons. The van der Waals surface area contributed by atoms with Gasteiger partial charge in [0.05, 0.1) is 5.02 Å². The van der Waals surface area contributed by atoms with E-state index in [-0.39, 0.29) is 0 Å². The molecule has 1 aromatic carbocycles. The van der Waals surface area contributed by atoms with Gasteiger partial charge in [-0.1, -0.05) is 11.6 Å². The number of rotatable bonds is 2. The van der Waals surface area contributed by atoms with Gasteiger partial charge in [-0.05, 0) is 17.7 Å². The summed E-state index contributed by atoms with van der Waals surface area (Å²) in [6.07, 6.45) is 1.24. The number of carbonyl (C=O) groups is 1. The summed E-state index contributed by atoms with van der Waals surface area (Å²) < 4.78 is 5.01. The van der Waals surface area contributed by atoms with E-state index in [1.165, 1.54) is 12.5 Å². The molecule has 5 nitrogen and oxygen atoms in total.